The summed E-state index contributed by atoms with van der Waals surface area (Å²) in [7, 11) is 0. The molecule has 14 amide bonds. The molecule has 28 atom stereocenters. The second-order valence-corrected chi connectivity index (χ2v) is 51.8. The van der Waals surface area contributed by atoms with Gasteiger partial charge in [-0.1, -0.05) is 90.0 Å². The molecule has 0 aromatic rings. The van der Waals surface area contributed by atoms with Gasteiger partial charge in [0.2, 0.25) is 41.4 Å². The maximum Gasteiger partial charge on any atom is 0.471 e. The summed E-state index contributed by atoms with van der Waals surface area (Å²) in [5, 5.41) is 34.6. The van der Waals surface area contributed by atoms with Crippen LogP contribution in [-0.4, -0.2) is 302 Å². The molecule has 16 fully saturated rings. The molecular weight excluding hydrogens is 1970 g/mol. The maximum absolute atomic E-state index is 13.1. The van der Waals surface area contributed by atoms with E-state index in [-0.39, 0.29) is 102 Å². The topological polar surface area (TPSA) is 541 Å². The lowest BCUT2D eigenvalue weighted by molar-refractivity contribution is -0.187. The fourth-order valence-electron chi connectivity index (χ4n) is 20.9. The first-order valence-electron chi connectivity index (χ1n) is 51.8. The molecule has 8 aliphatic heterocycles. The van der Waals surface area contributed by atoms with Crippen LogP contribution in [0, 0.1) is 104 Å². The molecule has 8 saturated heterocycles. The second-order valence-electron chi connectivity index (χ2n) is 51.8. The minimum atomic E-state index is -5.05. The number of alkyl halides is 6. The lowest BCUT2D eigenvalue weighted by Gasteiger charge is -2.36. The number of halogens is 6. The number of piperidine rings is 8. The molecule has 840 valence electrons. The van der Waals surface area contributed by atoms with Crippen LogP contribution in [0.2, 0.25) is 0 Å². The molecule has 10 N–H and O–H groups in total. The number of aliphatic carboxylic acids is 1. The van der Waals surface area contributed by atoms with Crippen LogP contribution in [-0.2, 0) is 81.2 Å². The molecular formula is C104H159F6N17O23. The summed E-state index contributed by atoms with van der Waals surface area (Å²) in [4.78, 5) is 205. The van der Waals surface area contributed by atoms with Gasteiger partial charge in [0.25, 0.3) is 0 Å². The number of carboxylic acids is 1. The molecule has 0 aromatic carbocycles. The van der Waals surface area contributed by atoms with Gasteiger partial charge in [-0.05, 0) is 276 Å². The number of fused-ring (bicyclic) bond motifs is 8. The van der Waals surface area contributed by atoms with Crippen molar-refractivity contribution in [2.24, 2.45) is 92.1 Å². The van der Waals surface area contributed by atoms with Crippen molar-refractivity contribution >= 4 is 95.6 Å². The van der Waals surface area contributed by atoms with Gasteiger partial charge in [0.05, 0.1) is 18.7 Å². The van der Waals surface area contributed by atoms with Crippen molar-refractivity contribution in [3.8, 4) is 12.1 Å². The van der Waals surface area contributed by atoms with Gasteiger partial charge in [0, 0.05) is 60.7 Å². The van der Waals surface area contributed by atoms with Crippen molar-refractivity contribution in [2.45, 2.75) is 459 Å². The molecule has 0 spiro atoms. The number of nitrogens with two attached hydrogens (primary N) is 3. The fraction of sp³-hybridized carbons (Fsp3) is 0.817. The number of hydrogen-bond donors (Lipinski definition) is 7. The van der Waals surface area contributed by atoms with Crippen LogP contribution in [0.15, 0.2) is 0 Å². The van der Waals surface area contributed by atoms with E-state index in [9.17, 15) is 108 Å². The van der Waals surface area contributed by atoms with Crippen LogP contribution in [0.3, 0.4) is 0 Å². The van der Waals surface area contributed by atoms with E-state index in [1.165, 1.54) is 14.7 Å². The van der Waals surface area contributed by atoms with Crippen LogP contribution in [0.5, 0.6) is 0 Å². The van der Waals surface area contributed by atoms with E-state index in [1.807, 2.05) is 101 Å². The van der Waals surface area contributed by atoms with Gasteiger partial charge in [0.1, 0.15) is 88.4 Å². The predicted octanol–water partition coefficient (Wildman–Crippen LogP) is 12.3. The molecule has 0 radical (unpaired) electrons. The second kappa shape index (κ2) is 44.7. The van der Waals surface area contributed by atoms with Gasteiger partial charge in [-0.2, -0.15) is 36.9 Å². The molecule has 0 aromatic heterocycles. The number of carboxylic acid groups (broad SMARTS) is 1. The van der Waals surface area contributed by atoms with Crippen LogP contribution < -0.4 is 33.2 Å². The third-order valence-corrected chi connectivity index (χ3v) is 29.3. The van der Waals surface area contributed by atoms with Gasteiger partial charge in [-0.3, -0.25) is 67.6 Å². The summed E-state index contributed by atoms with van der Waals surface area (Å²) in [5.74, 6) is -5.01. The molecule has 40 nitrogen and oxygen atoms in total. The summed E-state index contributed by atoms with van der Waals surface area (Å²) in [6, 6.07) is -2.32. The van der Waals surface area contributed by atoms with Crippen molar-refractivity contribution in [3.63, 3.8) is 0 Å². The third kappa shape index (κ3) is 31.4. The number of esters is 1. The van der Waals surface area contributed by atoms with Crippen molar-refractivity contribution in [2.75, 3.05) is 6.61 Å². The first kappa shape index (κ1) is 122. The monoisotopic (exact) mass is 2130 g/mol. The Morgan fingerprint density at radius 2 is 0.620 bits per heavy atom. The summed E-state index contributed by atoms with van der Waals surface area (Å²) in [5.41, 5.74) is 10.9. The smallest absolute Gasteiger partial charge is 0.471 e. The highest BCUT2D eigenvalue weighted by Gasteiger charge is 2.66. The number of carbonyl (C=O) groups is 16. The molecule has 16 rings (SSSR count). The average molecular weight is 2130 g/mol. The Labute approximate surface area is 874 Å². The molecule has 8 heterocycles. The molecule has 8 saturated carbocycles. The number of carbonyl (C=O) groups excluding carboxylic acids is 15. The Kier molecular flexibility index (Phi) is 36.4. The van der Waals surface area contributed by atoms with Crippen LogP contribution in [0.25, 0.3) is 4.85 Å². The van der Waals surface area contributed by atoms with Gasteiger partial charge >= 0.3 is 72.7 Å². The summed E-state index contributed by atoms with van der Waals surface area (Å²) >= 11 is 0. The number of hydrogen-bond acceptors (Lipinski definition) is 24. The van der Waals surface area contributed by atoms with Gasteiger partial charge < -0.3 is 86.3 Å². The number of amides is 14. The van der Waals surface area contributed by atoms with Crippen molar-refractivity contribution in [3.05, 3.63) is 11.4 Å². The van der Waals surface area contributed by atoms with Gasteiger partial charge in [-0.15, -0.1) is 0 Å². The average Bonchev–Trinajstić information content (AvgIpc) is 1.60. The highest BCUT2D eigenvalue weighted by Crippen LogP contribution is 2.56. The van der Waals surface area contributed by atoms with E-state index in [0.29, 0.717) is 91.6 Å². The number of rotatable bonds is 13. The van der Waals surface area contributed by atoms with E-state index in [0.717, 1.165) is 57.8 Å². The molecule has 8 aliphatic carbocycles. The Morgan fingerprint density at radius 1 is 0.353 bits per heavy atom. The highest BCUT2D eigenvalue weighted by molar-refractivity contribution is 5.95. The van der Waals surface area contributed by atoms with Gasteiger partial charge in [-0.25, -0.2) is 40.1 Å². The summed E-state index contributed by atoms with van der Waals surface area (Å²) in [6.07, 6.45) is -0.471. The molecule has 150 heavy (non-hydrogen) atoms. The number of likely N-dealkylation sites (tertiary alicyclic amines) is 8. The first-order valence-corrected chi connectivity index (χ1v) is 51.8. The number of ether oxygens (including phenoxy) is 6. The number of alkyl carbamates (subject to hydrolysis) is 2. The number of nitrogens with zero attached hydrogens (tertiary/aromatic N) is 11. The van der Waals surface area contributed by atoms with Crippen molar-refractivity contribution < 1.29 is 137 Å². The van der Waals surface area contributed by atoms with E-state index in [1.54, 1.807) is 110 Å². The summed E-state index contributed by atoms with van der Waals surface area (Å²) < 4.78 is 105. The number of nitrogens with one attached hydrogen (secondary N) is 3. The predicted molar refractivity (Wildman–Crippen MR) is 528 cm³/mol. The van der Waals surface area contributed by atoms with Crippen LogP contribution in [0.1, 0.15) is 304 Å². The SMILES string of the molecule is CC(C)(C)OC(=O)N1[C@H](C(=O)O)C[C@@H]2C[C@@H]21.CC(C)(C)OC(=O)N1[C@H](C(N)=O)C[C@@H]2C[C@@H]21.CC(C)(C)OC(=O)N[C@H](C(=O)N1[C@H](C#N)C[C@@H]2C[C@@H]21)C(C)(C)C.CC(C)(C)OC(=O)N[C@H](C(=O)N1[C@H](C(N)=O)C[C@@H]2C[C@@H]21)C(C)(C)C.CC(C)(C)[C@H](NC(=O)C(F)(F)F)C(=O)N1[C@H](C#N)C[C@@H]2C[C@@H]21.CCOC(=O)[C@@H]1C[C@@H]2C[C@@H]2N1C(=O)OC(C)(C)C.NC(=O)[C@@H]1C[C@@H]2C[C@@H]2N1C(=O)C(F)(F)F.[C-]#[N+][C@@H]1C[C@@H]2C[C@@H]2N1C(=O)[C@@H](C)C(C)(C)C. The van der Waals surface area contributed by atoms with Crippen LogP contribution in [0.4, 0.5) is 50.3 Å². The lowest BCUT2D eigenvalue weighted by Crippen LogP contribution is -2.58. The minimum Gasteiger partial charge on any atom is -0.480 e. The Bertz CT molecular complexity index is 5140. The first-order chi connectivity index (χ1) is 68.3. The Morgan fingerprint density at radius 3 is 0.913 bits per heavy atom. The lowest BCUT2D eigenvalue weighted by atomic mass is 9.81. The van der Waals surface area contributed by atoms with Gasteiger partial charge in [0.15, 0.2) is 0 Å². The molecule has 46 heteroatoms. The highest BCUT2D eigenvalue weighted by atomic mass is 19.4. The number of nitriles is 2. The van der Waals surface area contributed by atoms with Crippen LogP contribution >= 0.6 is 0 Å². The summed E-state index contributed by atoms with van der Waals surface area (Å²) in [6.45, 7) is 60.4. The van der Waals surface area contributed by atoms with E-state index in [4.69, 9.17) is 62.6 Å². The quantitative estimate of drug-likeness (QED) is 0.0390. The third-order valence-electron chi connectivity index (χ3n) is 29.3. The zero-order valence-electron chi connectivity index (χ0n) is 92.0. The van der Waals surface area contributed by atoms with E-state index >= 15 is 0 Å². The minimum absolute atomic E-state index is 0.00361. The maximum atomic E-state index is 13.1. The van der Waals surface area contributed by atoms with Crippen molar-refractivity contribution in [1.82, 2.24) is 55.1 Å². The van der Waals surface area contributed by atoms with E-state index < -0.39 is 189 Å². The molecule has 16 aliphatic rings. The standard InChI is InChI=1S/C17H29N3O4.C17H27N3O3.C14H18F3N3O2.C13H20N2O.C13H21NO4.C11H18N2O3.C11H17NO4.C8H9F3N2O2/c1-16(2,3)12(19-15(23)24-17(4,5)6)14(22)20-10-7-9(10)8-11(20)13(18)21;1-16(2,3)13(19-15(22)23-17(4,5)6)14(21)20-11(9-18)7-10-8-12(10)20;1-13(2,3)10(19-12(22)14(15,16)17)11(21)20-8(6-18)4-7-5-9(7)20;1-8(13(2,3)4)12(16)15-10-6-9(10)7-11(15)14-5;1-5-17-11(15)10-7-8-6-9(8)14(10)12(16)18-13(2,3)4;1-11(2,3)16-10(15)13-7-4-6(7)5-8(13)9(12)14;1-11(2,3)16-10(15)12-7-4-6(7)5-8(12)9(13)14;9-8(10,11)7(15)13-4-1-3(4)2-5(13)6(12)14/h9-12H,7-8H2,1-6H3,(H2,18,21)(H,19,23);10-13H,7-8H2,1-6H3,(H,19,22);7-10H,4-5H2,1-3H3,(H,19,22);8-11H,6-7H2,1-4H3;8-10H,5-7H2,1-4H3;6-8H,4-5H2,1-3H3,(H2,12,14);6-8H,4-5H2,1-3H3,(H,13,14);3-5H,1-2H2,(H2,12,14)/t9-,10-,11-,12+;10-,11+,12+,13-;7-,8+,9+,10-;8-,9+,10+,11+;8-,9-,10-;2*6-,7-,8-;3-,4-,5-/m01110000/s1. The normalized spacial score (nSPS) is 30.3. The van der Waals surface area contributed by atoms with E-state index in [2.05, 4.69) is 42.3 Å². The fourth-order valence-corrected chi connectivity index (χ4v) is 20.9. The Hall–Kier alpha value is -11.4. The largest absolute Gasteiger partial charge is 0.480 e. The molecule has 0 bridgehead atoms. The number of primary amides is 3. The zero-order chi connectivity index (χ0) is 114. The van der Waals surface area contributed by atoms with Crippen molar-refractivity contribution in [1.29, 1.82) is 10.5 Å². The Balaban J connectivity index is 0.000000191. The zero-order valence-corrected chi connectivity index (χ0v) is 92.0. The molecule has 0 unspecified atom stereocenters.